The van der Waals surface area contributed by atoms with Gasteiger partial charge in [-0.15, -0.1) is 0 Å². The van der Waals surface area contributed by atoms with Crippen LogP contribution in [0.1, 0.15) is 24.7 Å². The number of nitro groups is 1. The van der Waals surface area contributed by atoms with Gasteiger partial charge in [-0.1, -0.05) is 29.4 Å². The summed E-state index contributed by atoms with van der Waals surface area (Å²) in [5.74, 6) is 0.414. The number of para-hydroxylation sites is 2. The average molecular weight is 368 g/mol. The molecule has 0 aliphatic carbocycles. The SMILES string of the molecule is O=[N+]([O-])c1ccccc1N1CCCC(c2nc(-c3cccc(F)c3)no2)C1. The molecule has 0 N–H and O–H groups in total. The van der Waals surface area contributed by atoms with Gasteiger partial charge in [-0.25, -0.2) is 4.39 Å². The van der Waals surface area contributed by atoms with E-state index in [1.54, 1.807) is 30.3 Å². The molecule has 4 rings (SSSR count). The molecular formula is C19H17FN4O3. The van der Waals surface area contributed by atoms with Gasteiger partial charge < -0.3 is 9.42 Å². The Balaban J connectivity index is 1.57. The highest BCUT2D eigenvalue weighted by Crippen LogP contribution is 2.34. The number of halogens is 1. The molecule has 2 aromatic carbocycles. The fraction of sp³-hybridized carbons (Fsp3) is 0.263. The number of anilines is 1. The van der Waals surface area contributed by atoms with E-state index in [1.807, 2.05) is 4.90 Å². The van der Waals surface area contributed by atoms with Gasteiger partial charge in [0.1, 0.15) is 11.5 Å². The third kappa shape index (κ3) is 3.51. The van der Waals surface area contributed by atoms with Crippen molar-refractivity contribution in [1.82, 2.24) is 10.1 Å². The Bertz CT molecular complexity index is 975. The molecule has 3 aromatic rings. The second kappa shape index (κ2) is 7.14. The van der Waals surface area contributed by atoms with Crippen LogP contribution in [0.2, 0.25) is 0 Å². The largest absolute Gasteiger partial charge is 0.365 e. The Morgan fingerprint density at radius 1 is 1.22 bits per heavy atom. The van der Waals surface area contributed by atoms with Crippen LogP contribution in [0.5, 0.6) is 0 Å². The van der Waals surface area contributed by atoms with E-state index in [9.17, 15) is 14.5 Å². The molecule has 7 nitrogen and oxygen atoms in total. The van der Waals surface area contributed by atoms with E-state index in [-0.39, 0.29) is 22.3 Å². The Morgan fingerprint density at radius 2 is 2.07 bits per heavy atom. The Labute approximate surface area is 154 Å². The molecule has 0 amide bonds. The van der Waals surface area contributed by atoms with Gasteiger partial charge in [0.15, 0.2) is 0 Å². The molecule has 1 aromatic heterocycles. The molecule has 0 saturated carbocycles. The smallest absolute Gasteiger partial charge is 0.292 e. The molecule has 2 heterocycles. The molecule has 0 bridgehead atoms. The van der Waals surface area contributed by atoms with Gasteiger partial charge in [-0.3, -0.25) is 10.1 Å². The number of hydrogen-bond donors (Lipinski definition) is 0. The van der Waals surface area contributed by atoms with Gasteiger partial charge >= 0.3 is 0 Å². The Hall–Kier alpha value is -3.29. The van der Waals surface area contributed by atoms with E-state index in [2.05, 4.69) is 10.1 Å². The summed E-state index contributed by atoms with van der Waals surface area (Å²) in [7, 11) is 0. The zero-order valence-corrected chi connectivity index (χ0v) is 14.4. The van der Waals surface area contributed by atoms with Crippen LogP contribution in [-0.2, 0) is 0 Å². The minimum atomic E-state index is -0.367. The standard InChI is InChI=1S/C19H17FN4O3/c20-15-7-3-5-13(11-15)18-21-19(27-22-18)14-6-4-10-23(12-14)16-8-1-2-9-17(16)24(25)26/h1-3,5,7-9,11,14H,4,6,10,12H2. The molecule has 27 heavy (non-hydrogen) atoms. The van der Waals surface area contributed by atoms with Crippen molar-refractivity contribution in [2.75, 3.05) is 18.0 Å². The molecule has 1 saturated heterocycles. The molecular weight excluding hydrogens is 351 g/mol. The number of piperidine rings is 1. The van der Waals surface area contributed by atoms with Gasteiger partial charge in [0.25, 0.3) is 5.69 Å². The van der Waals surface area contributed by atoms with Crippen molar-refractivity contribution in [3.8, 4) is 11.4 Å². The molecule has 1 fully saturated rings. The Morgan fingerprint density at radius 3 is 2.89 bits per heavy atom. The maximum absolute atomic E-state index is 13.4. The number of benzene rings is 2. The van der Waals surface area contributed by atoms with Crippen LogP contribution < -0.4 is 4.90 Å². The van der Waals surface area contributed by atoms with E-state index in [1.165, 1.54) is 18.2 Å². The summed E-state index contributed by atoms with van der Waals surface area (Å²) in [6.07, 6.45) is 1.70. The maximum Gasteiger partial charge on any atom is 0.292 e. The monoisotopic (exact) mass is 368 g/mol. The predicted molar refractivity (Wildman–Crippen MR) is 97.0 cm³/mol. The fourth-order valence-electron chi connectivity index (χ4n) is 3.43. The van der Waals surface area contributed by atoms with E-state index in [0.29, 0.717) is 29.5 Å². The lowest BCUT2D eigenvalue weighted by molar-refractivity contribution is -0.384. The molecule has 0 spiro atoms. The second-order valence-corrected chi connectivity index (χ2v) is 6.50. The number of aromatic nitrogens is 2. The lowest BCUT2D eigenvalue weighted by Gasteiger charge is -2.32. The predicted octanol–water partition coefficient (Wildman–Crippen LogP) is 4.17. The van der Waals surface area contributed by atoms with Crippen molar-refractivity contribution in [3.63, 3.8) is 0 Å². The molecule has 1 aliphatic rings. The van der Waals surface area contributed by atoms with Crippen LogP contribution >= 0.6 is 0 Å². The molecule has 1 unspecified atom stereocenters. The van der Waals surface area contributed by atoms with Gasteiger partial charge in [0.05, 0.1) is 10.8 Å². The van der Waals surface area contributed by atoms with Crippen LogP contribution in [0.25, 0.3) is 11.4 Å². The molecule has 8 heteroatoms. The molecule has 0 radical (unpaired) electrons. The van der Waals surface area contributed by atoms with Gasteiger partial charge in [0, 0.05) is 24.7 Å². The van der Waals surface area contributed by atoms with Crippen LogP contribution in [0.4, 0.5) is 15.8 Å². The van der Waals surface area contributed by atoms with Crippen molar-refractivity contribution in [1.29, 1.82) is 0 Å². The van der Waals surface area contributed by atoms with Crippen LogP contribution in [0, 0.1) is 15.9 Å². The summed E-state index contributed by atoms with van der Waals surface area (Å²) < 4.78 is 18.8. The van der Waals surface area contributed by atoms with E-state index in [0.717, 1.165) is 19.4 Å². The molecule has 1 aliphatic heterocycles. The Kier molecular flexibility index (Phi) is 4.53. The topological polar surface area (TPSA) is 85.3 Å². The minimum absolute atomic E-state index is 0.0339. The van der Waals surface area contributed by atoms with E-state index < -0.39 is 0 Å². The van der Waals surface area contributed by atoms with E-state index >= 15 is 0 Å². The third-order valence-electron chi connectivity index (χ3n) is 4.71. The quantitative estimate of drug-likeness (QED) is 0.508. The average Bonchev–Trinajstić information content (AvgIpc) is 3.18. The lowest BCUT2D eigenvalue weighted by atomic mass is 9.97. The number of hydrogen-bond acceptors (Lipinski definition) is 6. The first kappa shape index (κ1) is 17.1. The highest BCUT2D eigenvalue weighted by molar-refractivity contribution is 5.63. The first-order valence-electron chi connectivity index (χ1n) is 8.70. The first-order chi connectivity index (χ1) is 13.1. The van der Waals surface area contributed by atoms with Gasteiger partial charge in [0.2, 0.25) is 11.7 Å². The highest BCUT2D eigenvalue weighted by atomic mass is 19.1. The summed E-state index contributed by atoms with van der Waals surface area (Å²) >= 11 is 0. The number of nitro benzene ring substituents is 1. The van der Waals surface area contributed by atoms with Crippen molar-refractivity contribution in [2.45, 2.75) is 18.8 Å². The minimum Gasteiger partial charge on any atom is -0.365 e. The summed E-state index contributed by atoms with van der Waals surface area (Å²) in [5, 5.41) is 15.3. The highest BCUT2D eigenvalue weighted by Gasteiger charge is 2.29. The van der Waals surface area contributed by atoms with Crippen molar-refractivity contribution in [2.24, 2.45) is 0 Å². The maximum atomic E-state index is 13.4. The molecule has 1 atom stereocenters. The van der Waals surface area contributed by atoms with Gasteiger partial charge in [-0.2, -0.15) is 4.98 Å². The fourth-order valence-corrected chi connectivity index (χ4v) is 3.43. The first-order valence-corrected chi connectivity index (χ1v) is 8.70. The van der Waals surface area contributed by atoms with Crippen LogP contribution in [0.3, 0.4) is 0 Å². The summed E-state index contributed by atoms with van der Waals surface area (Å²) in [4.78, 5) is 17.4. The van der Waals surface area contributed by atoms with Crippen molar-refractivity contribution >= 4 is 11.4 Å². The zero-order valence-electron chi connectivity index (χ0n) is 14.4. The number of nitrogens with zero attached hydrogens (tertiary/aromatic N) is 4. The normalized spacial score (nSPS) is 17.1. The van der Waals surface area contributed by atoms with Gasteiger partial charge in [-0.05, 0) is 31.0 Å². The zero-order chi connectivity index (χ0) is 18.8. The summed E-state index contributed by atoms with van der Waals surface area (Å²) in [6, 6.07) is 12.7. The number of rotatable bonds is 4. The third-order valence-corrected chi connectivity index (χ3v) is 4.71. The second-order valence-electron chi connectivity index (χ2n) is 6.50. The summed E-state index contributed by atoms with van der Waals surface area (Å²) in [6.45, 7) is 1.28. The van der Waals surface area contributed by atoms with Crippen LogP contribution in [0.15, 0.2) is 53.1 Å². The van der Waals surface area contributed by atoms with Crippen molar-refractivity contribution in [3.05, 3.63) is 70.4 Å². The van der Waals surface area contributed by atoms with Crippen molar-refractivity contribution < 1.29 is 13.8 Å². The molecule has 138 valence electrons. The van der Waals surface area contributed by atoms with Crippen LogP contribution in [-0.4, -0.2) is 28.2 Å². The summed E-state index contributed by atoms with van der Waals surface area (Å²) in [5.41, 5.74) is 1.23. The van der Waals surface area contributed by atoms with E-state index in [4.69, 9.17) is 4.52 Å². The lowest BCUT2D eigenvalue weighted by Crippen LogP contribution is -2.34.